The zero-order chi connectivity index (χ0) is 14.2. The van der Waals surface area contributed by atoms with Crippen LogP contribution in [0, 0.1) is 6.92 Å². The van der Waals surface area contributed by atoms with Crippen LogP contribution in [0.2, 0.25) is 5.02 Å². The van der Waals surface area contributed by atoms with Crippen molar-refractivity contribution in [2.75, 3.05) is 20.0 Å². The molecule has 2 aromatic rings. The molecule has 0 aliphatic rings. The van der Waals surface area contributed by atoms with Gasteiger partial charge in [-0.2, -0.15) is 0 Å². The highest BCUT2D eigenvalue weighted by Crippen LogP contribution is 2.42. The summed E-state index contributed by atoms with van der Waals surface area (Å²) in [4.78, 5) is 4.58. The van der Waals surface area contributed by atoms with Gasteiger partial charge in [-0.3, -0.25) is 0 Å². The highest BCUT2D eigenvalue weighted by atomic mass is 35.5. The van der Waals surface area contributed by atoms with Crippen LogP contribution < -0.4 is 15.2 Å². The van der Waals surface area contributed by atoms with Crippen LogP contribution in [0.1, 0.15) is 18.2 Å². The third-order valence-electron chi connectivity index (χ3n) is 3.26. The molecule has 0 amide bonds. The Balaban J connectivity index is 3.01. The molecule has 5 heteroatoms. The molecule has 2 rings (SSSR count). The predicted molar refractivity (Wildman–Crippen MR) is 78.4 cm³/mol. The molecule has 102 valence electrons. The lowest BCUT2D eigenvalue weighted by Gasteiger charge is -2.16. The summed E-state index contributed by atoms with van der Waals surface area (Å²) in [6.45, 7) is 3.98. The van der Waals surface area contributed by atoms with E-state index in [4.69, 9.17) is 26.8 Å². The highest BCUT2D eigenvalue weighted by molar-refractivity contribution is 6.34. The summed E-state index contributed by atoms with van der Waals surface area (Å²) in [5.41, 5.74) is 9.50. The van der Waals surface area contributed by atoms with Gasteiger partial charge in [-0.05, 0) is 18.9 Å². The quantitative estimate of drug-likeness (QED) is 0.937. The van der Waals surface area contributed by atoms with Crippen molar-refractivity contribution in [2.45, 2.75) is 20.3 Å². The number of rotatable bonds is 3. The number of hydrogen-bond donors (Lipinski definition) is 1. The van der Waals surface area contributed by atoms with Crippen LogP contribution in [-0.2, 0) is 6.42 Å². The van der Waals surface area contributed by atoms with Crippen LogP contribution in [0.3, 0.4) is 0 Å². The Morgan fingerprint density at radius 2 is 2.00 bits per heavy atom. The van der Waals surface area contributed by atoms with E-state index in [2.05, 4.69) is 4.98 Å². The van der Waals surface area contributed by atoms with Crippen LogP contribution in [0.4, 0.5) is 5.69 Å². The van der Waals surface area contributed by atoms with E-state index >= 15 is 0 Å². The topological polar surface area (TPSA) is 57.4 Å². The number of nitrogens with zero attached hydrogens (tertiary/aromatic N) is 1. The maximum atomic E-state index is 6.26. The fourth-order valence-corrected chi connectivity index (χ4v) is 2.61. The van der Waals surface area contributed by atoms with E-state index in [1.54, 1.807) is 20.3 Å². The number of aromatic nitrogens is 1. The summed E-state index contributed by atoms with van der Waals surface area (Å²) in [5.74, 6) is 1.13. The van der Waals surface area contributed by atoms with Crippen molar-refractivity contribution in [2.24, 2.45) is 0 Å². The molecule has 0 saturated heterocycles. The van der Waals surface area contributed by atoms with Crippen LogP contribution in [0.15, 0.2) is 6.07 Å². The van der Waals surface area contributed by atoms with Gasteiger partial charge in [-0.1, -0.05) is 18.5 Å². The monoisotopic (exact) mass is 280 g/mol. The molecule has 4 nitrogen and oxygen atoms in total. The number of benzene rings is 1. The van der Waals surface area contributed by atoms with E-state index in [1.165, 1.54) is 0 Å². The van der Waals surface area contributed by atoms with Crippen LogP contribution in [0.25, 0.3) is 10.9 Å². The molecule has 0 spiro atoms. The van der Waals surface area contributed by atoms with Crippen molar-refractivity contribution in [1.29, 1.82) is 0 Å². The minimum Gasteiger partial charge on any atom is -0.494 e. The molecule has 0 saturated carbocycles. The smallest absolute Gasteiger partial charge is 0.149 e. The van der Waals surface area contributed by atoms with Crippen molar-refractivity contribution < 1.29 is 9.47 Å². The zero-order valence-corrected chi connectivity index (χ0v) is 12.3. The second kappa shape index (κ2) is 5.13. The number of aryl methyl sites for hydroxylation is 1. The SMILES string of the molecule is CCc1c(C)nc2c(OC)cc(Cl)c(OC)c2c1N. The molecule has 0 atom stereocenters. The van der Waals surface area contributed by atoms with E-state index in [0.29, 0.717) is 33.1 Å². The second-order valence-electron chi connectivity index (χ2n) is 4.26. The van der Waals surface area contributed by atoms with Crippen LogP contribution in [-0.4, -0.2) is 19.2 Å². The van der Waals surface area contributed by atoms with Gasteiger partial charge in [0.05, 0.1) is 24.6 Å². The maximum Gasteiger partial charge on any atom is 0.149 e. The number of anilines is 1. The number of hydrogen-bond acceptors (Lipinski definition) is 4. The number of pyridine rings is 1. The average Bonchev–Trinajstić information content (AvgIpc) is 2.39. The van der Waals surface area contributed by atoms with E-state index in [9.17, 15) is 0 Å². The van der Waals surface area contributed by atoms with Gasteiger partial charge in [-0.25, -0.2) is 4.98 Å². The average molecular weight is 281 g/mol. The third kappa shape index (κ3) is 2.06. The van der Waals surface area contributed by atoms with Gasteiger partial charge in [0, 0.05) is 17.4 Å². The first kappa shape index (κ1) is 13.7. The number of halogens is 1. The van der Waals surface area contributed by atoms with Crippen molar-refractivity contribution in [1.82, 2.24) is 4.98 Å². The molecule has 0 aliphatic heterocycles. The first-order chi connectivity index (χ1) is 9.04. The van der Waals surface area contributed by atoms with Gasteiger partial charge in [0.15, 0.2) is 0 Å². The molecule has 0 radical (unpaired) electrons. The standard InChI is InChI=1S/C14H17ClN2O2/c1-5-8-7(2)17-13-10(18-3)6-9(15)14(19-4)11(13)12(8)16/h6H,5H2,1-4H3,(H2,16,17). The Morgan fingerprint density at radius 1 is 1.32 bits per heavy atom. The molecular formula is C14H17ClN2O2. The summed E-state index contributed by atoms with van der Waals surface area (Å²) in [7, 11) is 3.15. The Bertz CT molecular complexity index is 641. The lowest BCUT2D eigenvalue weighted by Crippen LogP contribution is -2.03. The lowest BCUT2D eigenvalue weighted by molar-refractivity contribution is 0.410. The van der Waals surface area contributed by atoms with Gasteiger partial charge in [0.1, 0.15) is 17.0 Å². The number of methoxy groups -OCH3 is 2. The third-order valence-corrected chi connectivity index (χ3v) is 3.54. The summed E-state index contributed by atoms with van der Waals surface area (Å²) in [6.07, 6.45) is 0.804. The molecule has 0 fully saturated rings. The summed E-state index contributed by atoms with van der Waals surface area (Å²) in [6, 6.07) is 1.69. The summed E-state index contributed by atoms with van der Waals surface area (Å²) < 4.78 is 10.7. The van der Waals surface area contributed by atoms with Gasteiger partial charge in [-0.15, -0.1) is 0 Å². The first-order valence-corrected chi connectivity index (χ1v) is 6.42. The Morgan fingerprint density at radius 3 is 2.53 bits per heavy atom. The Hall–Kier alpha value is -1.68. The van der Waals surface area contributed by atoms with Crippen molar-refractivity contribution >= 4 is 28.2 Å². The van der Waals surface area contributed by atoms with Crippen LogP contribution in [0.5, 0.6) is 11.5 Å². The van der Waals surface area contributed by atoms with Gasteiger partial charge in [0.2, 0.25) is 0 Å². The molecule has 0 bridgehead atoms. The number of fused-ring (bicyclic) bond motifs is 1. The lowest BCUT2D eigenvalue weighted by atomic mass is 10.0. The molecule has 1 aromatic heterocycles. The Labute approximate surface area is 117 Å². The van der Waals surface area contributed by atoms with E-state index in [0.717, 1.165) is 17.7 Å². The summed E-state index contributed by atoms with van der Waals surface area (Å²) in [5, 5.41) is 1.18. The molecule has 1 heterocycles. The molecule has 1 aromatic carbocycles. The highest BCUT2D eigenvalue weighted by Gasteiger charge is 2.19. The van der Waals surface area contributed by atoms with E-state index in [-0.39, 0.29) is 0 Å². The van der Waals surface area contributed by atoms with E-state index < -0.39 is 0 Å². The van der Waals surface area contributed by atoms with Crippen molar-refractivity contribution in [3.8, 4) is 11.5 Å². The molecule has 2 N–H and O–H groups in total. The molecule has 0 aliphatic carbocycles. The minimum atomic E-state index is 0.464. The predicted octanol–water partition coefficient (Wildman–Crippen LogP) is 3.36. The number of ether oxygens (including phenoxy) is 2. The van der Waals surface area contributed by atoms with E-state index in [1.807, 2.05) is 13.8 Å². The normalized spacial score (nSPS) is 10.8. The zero-order valence-electron chi connectivity index (χ0n) is 11.5. The largest absolute Gasteiger partial charge is 0.494 e. The second-order valence-corrected chi connectivity index (χ2v) is 4.67. The van der Waals surface area contributed by atoms with Crippen molar-refractivity contribution in [3.63, 3.8) is 0 Å². The molecule has 0 unspecified atom stereocenters. The Kier molecular flexibility index (Phi) is 3.71. The number of nitrogen functional groups attached to an aromatic ring is 1. The summed E-state index contributed by atoms with van der Waals surface area (Å²) >= 11 is 6.21. The first-order valence-electron chi connectivity index (χ1n) is 6.04. The minimum absolute atomic E-state index is 0.464. The van der Waals surface area contributed by atoms with Gasteiger partial charge in [0.25, 0.3) is 0 Å². The van der Waals surface area contributed by atoms with Crippen molar-refractivity contribution in [3.05, 3.63) is 22.3 Å². The number of nitrogens with two attached hydrogens (primary N) is 1. The molecular weight excluding hydrogens is 264 g/mol. The molecule has 19 heavy (non-hydrogen) atoms. The fraction of sp³-hybridized carbons (Fsp3) is 0.357. The van der Waals surface area contributed by atoms with Gasteiger partial charge >= 0.3 is 0 Å². The van der Waals surface area contributed by atoms with Gasteiger partial charge < -0.3 is 15.2 Å². The van der Waals surface area contributed by atoms with Crippen LogP contribution >= 0.6 is 11.6 Å². The maximum absolute atomic E-state index is 6.26. The fourth-order valence-electron chi connectivity index (χ4n) is 2.34.